The lowest BCUT2D eigenvalue weighted by Gasteiger charge is -1.94. The molecule has 0 aliphatic carbocycles. The Morgan fingerprint density at radius 2 is 2.33 bits per heavy atom. The van der Waals surface area contributed by atoms with Crippen LogP contribution in [0.5, 0.6) is 0 Å². The number of carboxylic acids is 1. The van der Waals surface area contributed by atoms with Crippen LogP contribution in [0.3, 0.4) is 0 Å². The van der Waals surface area contributed by atoms with Gasteiger partial charge >= 0.3 is 5.13 Å². The van der Waals surface area contributed by atoms with Crippen LogP contribution < -0.4 is 10.8 Å². The average Bonchev–Trinajstić information content (AvgIpc) is 2.29. The van der Waals surface area contributed by atoms with Crippen molar-refractivity contribution in [3.8, 4) is 0 Å². The zero-order chi connectivity index (χ0) is 9.30. The highest BCUT2D eigenvalue weighted by Gasteiger charge is 2.21. The molecule has 2 N–H and O–H groups in total. The van der Waals surface area contributed by atoms with Gasteiger partial charge in [0.1, 0.15) is 11.9 Å². The zero-order valence-corrected chi connectivity index (χ0v) is 7.77. The maximum Gasteiger partial charge on any atom is 0.337 e. The number of hydrogen-bond donors (Lipinski definition) is 1. The monoisotopic (exact) mass is 186 g/mol. The van der Waals surface area contributed by atoms with Gasteiger partial charge in [0.05, 0.1) is 5.97 Å². The number of carboxylic acid groups (broad SMARTS) is 1. The predicted octanol–water partition coefficient (Wildman–Crippen LogP) is -0.124. The van der Waals surface area contributed by atoms with Crippen LogP contribution in [0.1, 0.15) is 22.3 Å². The van der Waals surface area contributed by atoms with Crippen molar-refractivity contribution in [3.63, 3.8) is 0 Å². The lowest BCUT2D eigenvalue weighted by Crippen LogP contribution is -2.23. The van der Waals surface area contributed by atoms with Crippen molar-refractivity contribution in [1.82, 2.24) is 4.98 Å². The first-order chi connectivity index (χ1) is 5.57. The van der Waals surface area contributed by atoms with Crippen molar-refractivity contribution in [2.45, 2.75) is 13.3 Å². The van der Waals surface area contributed by atoms with Gasteiger partial charge in [0.25, 0.3) is 0 Å². The maximum atomic E-state index is 10.5. The van der Waals surface area contributed by atoms with Gasteiger partial charge in [0.15, 0.2) is 4.88 Å². The summed E-state index contributed by atoms with van der Waals surface area (Å²) in [6.07, 6.45) is 2.53. The van der Waals surface area contributed by atoms with E-state index in [0.29, 0.717) is 11.6 Å². The SMILES string of the molecule is CCc1c(C(=O)[O-])nc(N)[s+]1C. The topological polar surface area (TPSA) is 79.0 Å². The van der Waals surface area contributed by atoms with Crippen molar-refractivity contribution in [1.29, 1.82) is 0 Å². The molecular formula is C7H10N2O2S. The average molecular weight is 186 g/mol. The van der Waals surface area contributed by atoms with Crippen LogP contribution >= 0.6 is 10.5 Å². The van der Waals surface area contributed by atoms with E-state index in [1.54, 1.807) is 0 Å². The van der Waals surface area contributed by atoms with Crippen LogP contribution in [0.4, 0.5) is 5.13 Å². The molecule has 0 aromatic carbocycles. The van der Waals surface area contributed by atoms with Crippen LogP contribution in [-0.4, -0.2) is 11.0 Å². The smallest absolute Gasteiger partial charge is 0.337 e. The van der Waals surface area contributed by atoms with E-state index >= 15 is 0 Å². The molecule has 0 radical (unpaired) electrons. The molecule has 5 heteroatoms. The Kier molecular flexibility index (Phi) is 2.32. The fraction of sp³-hybridized carbons (Fsp3) is 0.429. The molecule has 12 heavy (non-hydrogen) atoms. The highest BCUT2D eigenvalue weighted by atomic mass is 32.2. The summed E-state index contributed by atoms with van der Waals surface area (Å²) < 4.78 is 0. The number of aromatic nitrogens is 1. The van der Waals surface area contributed by atoms with Crippen molar-refractivity contribution in [3.05, 3.63) is 10.6 Å². The lowest BCUT2D eigenvalue weighted by molar-refractivity contribution is -0.255. The van der Waals surface area contributed by atoms with Crippen LogP contribution in [0.2, 0.25) is 0 Å². The molecule has 1 aromatic heterocycles. The first-order valence-electron chi connectivity index (χ1n) is 3.52. The third-order valence-corrected chi connectivity index (χ3v) is 3.62. The Hall–Kier alpha value is -1.10. The summed E-state index contributed by atoms with van der Waals surface area (Å²) in [5.74, 6) is -1.23. The first-order valence-corrected chi connectivity index (χ1v) is 5.15. The molecule has 66 valence electrons. The molecule has 0 bridgehead atoms. The highest BCUT2D eigenvalue weighted by Crippen LogP contribution is 2.30. The van der Waals surface area contributed by atoms with Crippen LogP contribution in [0.15, 0.2) is 0 Å². The summed E-state index contributed by atoms with van der Waals surface area (Å²) in [5, 5.41) is 10.9. The molecular weight excluding hydrogens is 176 g/mol. The van der Waals surface area contributed by atoms with Gasteiger partial charge in [-0.3, -0.25) is 0 Å². The van der Waals surface area contributed by atoms with E-state index in [9.17, 15) is 9.90 Å². The Balaban J connectivity index is 3.29. The maximum absolute atomic E-state index is 10.5. The van der Waals surface area contributed by atoms with E-state index in [0.717, 1.165) is 4.88 Å². The van der Waals surface area contributed by atoms with E-state index in [2.05, 4.69) is 4.98 Å². The van der Waals surface area contributed by atoms with Gasteiger partial charge in [-0.15, -0.1) is 0 Å². The summed E-state index contributed by atoms with van der Waals surface area (Å²) in [5.41, 5.74) is 5.53. The van der Waals surface area contributed by atoms with Crippen LogP contribution in [-0.2, 0) is 12.7 Å². The normalized spacial score (nSPS) is 11.7. The second-order valence-electron chi connectivity index (χ2n) is 2.37. The molecule has 0 spiro atoms. The van der Waals surface area contributed by atoms with E-state index in [4.69, 9.17) is 5.73 Å². The number of carbonyl (C=O) groups is 1. The Labute approximate surface area is 73.0 Å². The predicted molar refractivity (Wildman–Crippen MR) is 45.8 cm³/mol. The van der Waals surface area contributed by atoms with Crippen molar-refractivity contribution in [2.24, 2.45) is 6.26 Å². The zero-order valence-electron chi connectivity index (χ0n) is 6.96. The van der Waals surface area contributed by atoms with E-state index in [-0.39, 0.29) is 16.2 Å². The molecule has 1 aromatic rings. The van der Waals surface area contributed by atoms with Gasteiger partial charge in [-0.25, -0.2) is 0 Å². The van der Waals surface area contributed by atoms with Gasteiger partial charge in [0.2, 0.25) is 0 Å². The number of nitrogens with two attached hydrogens (primary N) is 1. The number of hydrogen-bond acceptors (Lipinski definition) is 4. The number of anilines is 1. The van der Waals surface area contributed by atoms with Gasteiger partial charge in [-0.2, -0.15) is 4.98 Å². The summed E-state index contributed by atoms with van der Waals surface area (Å²) in [7, 11) is -0.319. The van der Waals surface area contributed by atoms with Crippen LogP contribution in [0, 0.1) is 0 Å². The quantitative estimate of drug-likeness (QED) is 0.653. The Morgan fingerprint density at radius 1 is 1.75 bits per heavy atom. The van der Waals surface area contributed by atoms with E-state index in [1.807, 2.05) is 13.2 Å². The second kappa shape index (κ2) is 3.10. The third kappa shape index (κ3) is 1.27. The largest absolute Gasteiger partial charge is 0.543 e. The van der Waals surface area contributed by atoms with Crippen molar-refractivity contribution < 1.29 is 9.90 Å². The molecule has 0 saturated heterocycles. The molecule has 1 unspecified atom stereocenters. The Morgan fingerprint density at radius 3 is 2.67 bits per heavy atom. The fourth-order valence-electron chi connectivity index (χ4n) is 1.06. The number of rotatable bonds is 2. The molecule has 0 amide bonds. The minimum Gasteiger partial charge on any atom is -0.543 e. The van der Waals surface area contributed by atoms with E-state index < -0.39 is 5.97 Å². The minimum absolute atomic E-state index is 0.0285. The molecule has 0 aliphatic rings. The number of nitrogens with zero attached hydrogens (tertiary/aromatic N) is 1. The second-order valence-corrected chi connectivity index (χ2v) is 4.30. The van der Waals surface area contributed by atoms with Crippen LogP contribution in [0.25, 0.3) is 0 Å². The van der Waals surface area contributed by atoms with Crippen molar-refractivity contribution in [2.75, 3.05) is 5.73 Å². The van der Waals surface area contributed by atoms with Gasteiger partial charge in [0, 0.05) is 16.9 Å². The molecule has 1 atom stereocenters. The molecule has 4 nitrogen and oxygen atoms in total. The number of nitrogen functional groups attached to an aromatic ring is 1. The first kappa shape index (κ1) is 8.99. The molecule has 0 aliphatic heterocycles. The lowest BCUT2D eigenvalue weighted by atomic mass is 10.3. The van der Waals surface area contributed by atoms with Gasteiger partial charge in [-0.1, -0.05) is 6.92 Å². The third-order valence-electron chi connectivity index (χ3n) is 1.68. The summed E-state index contributed by atoms with van der Waals surface area (Å²) in [6.45, 7) is 1.88. The standard InChI is InChI=1S/C7H10N2O2S/c1-3-4-5(6(10)11)9-7(8)12(4)2/h3H2,1-2H3,(H2-,8,9,10,11). The van der Waals surface area contributed by atoms with Gasteiger partial charge < -0.3 is 15.6 Å². The molecule has 0 saturated carbocycles. The van der Waals surface area contributed by atoms with E-state index in [1.165, 1.54) is 0 Å². The van der Waals surface area contributed by atoms with Gasteiger partial charge in [-0.05, 0) is 0 Å². The molecule has 1 heterocycles. The Bertz CT molecular complexity index is 319. The number of aromatic carboxylic acids is 1. The summed E-state index contributed by atoms with van der Waals surface area (Å²) >= 11 is 0. The summed E-state index contributed by atoms with van der Waals surface area (Å²) in [4.78, 5) is 15.1. The number of carbonyl (C=O) groups excluding carboxylic acids is 1. The number of thiazole rings is 1. The summed E-state index contributed by atoms with van der Waals surface area (Å²) in [6, 6.07) is 0. The highest BCUT2D eigenvalue weighted by molar-refractivity contribution is 7.33. The fourth-order valence-corrected chi connectivity index (χ4v) is 2.39. The van der Waals surface area contributed by atoms with Crippen molar-refractivity contribution >= 4 is 21.6 Å². The minimum atomic E-state index is -1.23. The molecule has 0 fully saturated rings. The molecule has 1 rings (SSSR count).